The van der Waals surface area contributed by atoms with Crippen molar-refractivity contribution >= 4 is 14.8 Å². The zero-order chi connectivity index (χ0) is 61.9. The number of aliphatic hydroxyl groups is 2. The average Bonchev–Trinajstić information content (AvgIpc) is 4.37. The van der Waals surface area contributed by atoms with Crippen molar-refractivity contribution in [2.75, 3.05) is 6.61 Å². The van der Waals surface area contributed by atoms with Crippen molar-refractivity contribution in [3.8, 4) is 6.07 Å². The molecule has 0 aromatic carbocycles. The minimum Gasteiger partial charge on any atom is -0.387 e. The molecule has 17 atom stereocenters. The lowest BCUT2D eigenvalue weighted by molar-refractivity contribution is -0.156. The molecule has 4 aromatic heterocycles. The molecular formula is C58H84F7N6O13P. The number of aldehydes is 1. The van der Waals surface area contributed by atoms with Gasteiger partial charge in [0.25, 0.3) is 8.53 Å². The molecule has 0 aliphatic carbocycles. The van der Waals surface area contributed by atoms with Gasteiger partial charge in [-0.1, -0.05) is 49.5 Å². The number of alkyl halides is 7. The van der Waals surface area contributed by atoms with Gasteiger partial charge < -0.3 is 56.5 Å². The predicted molar refractivity (Wildman–Crippen MR) is 306 cm³/mol. The van der Waals surface area contributed by atoms with E-state index in [9.17, 15) is 55.7 Å². The van der Waals surface area contributed by atoms with Gasteiger partial charge in [0.15, 0.2) is 71.3 Å². The molecule has 1 unspecified atom stereocenters. The molecule has 0 amide bonds. The number of hydrogen-bond donors (Lipinski definition) is 2. The van der Waals surface area contributed by atoms with E-state index in [2.05, 4.69) is 10.7 Å². The maximum absolute atomic E-state index is 15.4. The fraction of sp³-hybridized carbons (Fsp3) is 0.621. The van der Waals surface area contributed by atoms with Crippen molar-refractivity contribution < 1.29 is 73.7 Å². The maximum Gasteiger partial charge on any atom is 0.446 e. The van der Waals surface area contributed by atoms with E-state index in [1.54, 1.807) is 21.5 Å². The lowest BCUT2D eigenvalue weighted by atomic mass is 10.00. The summed E-state index contributed by atoms with van der Waals surface area (Å²) in [5, 5.41) is 28.0. The van der Waals surface area contributed by atoms with Crippen LogP contribution in [0.5, 0.6) is 0 Å². The van der Waals surface area contributed by atoms with Crippen LogP contribution in [0.1, 0.15) is 134 Å². The molecule has 478 valence electrons. The van der Waals surface area contributed by atoms with Crippen LogP contribution in [0.2, 0.25) is 0 Å². The third-order valence-corrected chi connectivity index (χ3v) is 15.7. The van der Waals surface area contributed by atoms with Crippen LogP contribution >= 0.6 is 8.53 Å². The van der Waals surface area contributed by atoms with Crippen molar-refractivity contribution in [2.24, 2.45) is 5.92 Å². The number of aromatic nitrogens is 4. The highest BCUT2D eigenvalue weighted by Gasteiger charge is 2.49. The second-order valence-corrected chi connectivity index (χ2v) is 21.6. The van der Waals surface area contributed by atoms with Crippen molar-refractivity contribution in [3.63, 3.8) is 0 Å². The summed E-state index contributed by atoms with van der Waals surface area (Å²) in [7, 11) is -1.57. The van der Waals surface area contributed by atoms with Crippen molar-refractivity contribution in [2.45, 2.75) is 220 Å². The Morgan fingerprint density at radius 2 is 0.882 bits per heavy atom. The molecule has 2 N–H and O–H groups in total. The summed E-state index contributed by atoms with van der Waals surface area (Å²) in [4.78, 5) is 52.8. The van der Waals surface area contributed by atoms with Gasteiger partial charge in [-0.3, -0.25) is 24.0 Å². The molecule has 0 spiro atoms. The zero-order valence-corrected chi connectivity index (χ0v) is 48.5. The molecule has 4 aliphatic heterocycles. The molecule has 4 aromatic rings. The Bertz CT molecular complexity index is 2600. The van der Waals surface area contributed by atoms with Crippen molar-refractivity contribution in [1.82, 2.24) is 22.9 Å². The molecule has 27 heteroatoms. The Kier molecular flexibility index (Phi) is 32.0. The lowest BCUT2D eigenvalue weighted by Crippen LogP contribution is -2.37. The minimum absolute atomic E-state index is 0. The van der Waals surface area contributed by atoms with Gasteiger partial charge in [-0.05, 0) is 53.4 Å². The van der Waals surface area contributed by atoms with Crippen LogP contribution in [0.15, 0.2) is 117 Å². The standard InChI is InChI=1S/C20H31FN3O4P.C12H16FNO2.2C11H14FNO3.C2HF3O.2CH4/c1-6-17-19(18(21)20(27-17)23-11-8-16(25)9-12-23)28-29(26-13-7-10-22)24(14(2)3)15(4)5;1-3-10-8(2)11(13)12(16-10)14-6-4-9(15)5-7-14;2*1-2-8-10(15)9(12)11(16-8)13-5-3-7(14)4-6-13;3-2(4,5)1-6;;/h8-9,11-12,14-15,17-20H,6-7,13H2,1-5H3;4-8,10-12H,3H2,1-2H3;2*3-6,8-11,15H,2H2,1H3;1H;2*1H4/t17-,18-,19-,20-,29?;8-,10-,11-,12-;2*8-,9-,10-,11-;;;/m1111.../s1. The first kappa shape index (κ1) is 75.6. The van der Waals surface area contributed by atoms with Gasteiger partial charge in [-0.15, -0.1) is 0 Å². The zero-order valence-electron chi connectivity index (χ0n) is 47.6. The highest BCUT2D eigenvalue weighted by Crippen LogP contribution is 2.51. The monoisotopic (exact) mass is 1240 g/mol. The van der Waals surface area contributed by atoms with Crippen LogP contribution in [0, 0.1) is 17.2 Å². The normalized spacial score (nSPS) is 28.8. The molecule has 0 radical (unpaired) electrons. The van der Waals surface area contributed by atoms with Gasteiger partial charge in [0.2, 0.25) is 6.29 Å². The van der Waals surface area contributed by atoms with Gasteiger partial charge >= 0.3 is 6.18 Å². The van der Waals surface area contributed by atoms with Crippen LogP contribution in [0.25, 0.3) is 0 Å². The number of aliphatic hydroxyl groups excluding tert-OH is 2. The fourth-order valence-electron chi connectivity index (χ4n) is 9.27. The summed E-state index contributed by atoms with van der Waals surface area (Å²) in [5.74, 6) is -0.102. The smallest absolute Gasteiger partial charge is 0.387 e. The van der Waals surface area contributed by atoms with Crippen LogP contribution in [-0.2, 0) is 32.8 Å². The van der Waals surface area contributed by atoms with Gasteiger partial charge in [-0.25, -0.2) is 22.2 Å². The molecule has 4 aliphatic rings. The number of halogens is 7. The van der Waals surface area contributed by atoms with E-state index in [0.29, 0.717) is 19.3 Å². The fourth-order valence-corrected chi connectivity index (χ4v) is 11.0. The average molecular weight is 1240 g/mol. The Hall–Kier alpha value is -5.46. The van der Waals surface area contributed by atoms with Gasteiger partial charge in [0.05, 0.1) is 43.5 Å². The third kappa shape index (κ3) is 21.4. The van der Waals surface area contributed by atoms with E-state index in [1.807, 2.05) is 62.3 Å². The number of carbonyl (C=O) groups is 1. The Morgan fingerprint density at radius 1 is 0.588 bits per heavy atom. The molecule has 4 saturated heterocycles. The summed E-state index contributed by atoms with van der Waals surface area (Å²) in [6.07, 6.45) is -3.93. The summed E-state index contributed by atoms with van der Waals surface area (Å²) in [6, 6.07) is 13.2. The van der Waals surface area contributed by atoms with Crippen LogP contribution in [0.3, 0.4) is 0 Å². The van der Waals surface area contributed by atoms with E-state index >= 15 is 4.39 Å². The van der Waals surface area contributed by atoms with Crippen LogP contribution in [0.4, 0.5) is 30.7 Å². The van der Waals surface area contributed by atoms with Gasteiger partial charge in [0.1, 0.15) is 18.3 Å². The van der Waals surface area contributed by atoms with E-state index in [0.717, 1.165) is 6.42 Å². The van der Waals surface area contributed by atoms with Gasteiger partial charge in [-0.2, -0.15) is 18.4 Å². The third-order valence-electron chi connectivity index (χ3n) is 13.6. The SMILES string of the molecule is C.C.CC[C@H]1O[C@@H](n2ccc(=O)cc2)[C@H](F)[C@@H]1C.CC[C@H]1O[C@@H](n2ccc(=O)cc2)[C@H](F)[C@@H]1O.CC[C@H]1O[C@@H](n2ccc(=O)cc2)[C@H](F)[C@@H]1O.CC[C@H]1O[C@@H](n2ccc(=O)cc2)[C@H](F)[C@@H]1OP(OCCC#N)N(C(C)C)C(C)C.O=CC(F)(F)F. The summed E-state index contributed by atoms with van der Waals surface area (Å²) in [6.45, 7) is 17.8. The summed E-state index contributed by atoms with van der Waals surface area (Å²) < 4.78 is 131. The number of rotatable bonds is 16. The largest absolute Gasteiger partial charge is 0.446 e. The lowest BCUT2D eigenvalue weighted by Gasteiger charge is -2.37. The highest BCUT2D eigenvalue weighted by molar-refractivity contribution is 7.44. The maximum atomic E-state index is 15.4. The van der Waals surface area contributed by atoms with Gasteiger partial charge in [0, 0.05) is 116 Å². The predicted octanol–water partition coefficient (Wildman–Crippen LogP) is 10.0. The molecule has 0 bridgehead atoms. The number of hydrogen-bond acceptors (Lipinski definition) is 15. The molecule has 4 fully saturated rings. The first-order chi connectivity index (χ1) is 39.2. The van der Waals surface area contributed by atoms with Crippen LogP contribution < -0.4 is 21.7 Å². The van der Waals surface area contributed by atoms with E-state index < -0.39 is 107 Å². The van der Waals surface area contributed by atoms with E-state index in [-0.39, 0.29) is 73.7 Å². The number of nitriles is 1. The Labute approximate surface area is 492 Å². The Balaban J connectivity index is 0.000000384. The topological polar surface area (TPSA) is 228 Å². The summed E-state index contributed by atoms with van der Waals surface area (Å²) in [5.41, 5.74) is -0.507. The Morgan fingerprint density at radius 3 is 1.15 bits per heavy atom. The van der Waals surface area contributed by atoms with Crippen LogP contribution in [-0.4, -0.2) is 132 Å². The number of ether oxygens (including phenoxy) is 4. The quantitative estimate of drug-likeness (QED) is 0.0460. The molecule has 85 heavy (non-hydrogen) atoms. The second-order valence-electron chi connectivity index (χ2n) is 20.2. The minimum atomic E-state index is -4.64. The molecular weight excluding hydrogens is 1150 g/mol. The summed E-state index contributed by atoms with van der Waals surface area (Å²) >= 11 is 0. The first-order valence-corrected chi connectivity index (χ1v) is 28.4. The van der Waals surface area contributed by atoms with E-state index in [4.69, 9.17) is 38.1 Å². The molecule has 0 saturated carbocycles. The van der Waals surface area contributed by atoms with E-state index in [1.165, 1.54) is 94.8 Å². The molecule has 8 rings (SSSR count). The molecule has 8 heterocycles. The number of nitrogens with zero attached hydrogens (tertiary/aromatic N) is 6. The van der Waals surface area contributed by atoms with Crippen molar-refractivity contribution in [1.29, 1.82) is 5.26 Å². The van der Waals surface area contributed by atoms with Crippen molar-refractivity contribution in [3.05, 3.63) is 139 Å². The highest BCUT2D eigenvalue weighted by atomic mass is 31.2. The first-order valence-electron chi connectivity index (χ1n) is 27.3. The second kappa shape index (κ2) is 36.0. The number of pyridine rings is 4. The molecule has 19 nitrogen and oxygen atoms in total. The number of carbonyl (C=O) groups excluding carboxylic acids is 1.